The number of hydrogen-bond donors (Lipinski definition) is 2. The average Bonchev–Trinajstić information content (AvgIpc) is 3.34. The zero-order valence-electron chi connectivity index (χ0n) is 18.6. The zero-order valence-corrected chi connectivity index (χ0v) is 21.8. The molecule has 172 valence electrons. The first kappa shape index (κ1) is 23.3. The molecule has 3 aromatic heterocycles. The van der Waals surface area contributed by atoms with Gasteiger partial charge in [0.05, 0.1) is 27.5 Å². The van der Waals surface area contributed by atoms with Crippen LogP contribution in [-0.4, -0.2) is 9.97 Å². The number of fused-ring (bicyclic) bond motifs is 1. The highest BCUT2D eigenvalue weighted by molar-refractivity contribution is 9.10. The van der Waals surface area contributed by atoms with Gasteiger partial charge >= 0.3 is 0 Å². The largest absolute Gasteiger partial charge is 0.380 e. The predicted molar refractivity (Wildman–Crippen MR) is 149 cm³/mol. The molecule has 0 aliphatic heterocycles. The second-order valence-electron chi connectivity index (χ2n) is 7.95. The lowest BCUT2D eigenvalue weighted by atomic mass is 10.1. The van der Waals surface area contributed by atoms with Gasteiger partial charge in [0, 0.05) is 50.4 Å². The summed E-state index contributed by atoms with van der Waals surface area (Å²) in [5.41, 5.74) is 5.83. The van der Waals surface area contributed by atoms with Gasteiger partial charge in [0.15, 0.2) is 0 Å². The topological polar surface area (TPSA) is 73.6 Å². The Morgan fingerprint density at radius 1 is 1.06 bits per heavy atom. The molecule has 0 fully saturated rings. The maximum Gasteiger partial charge on any atom is 0.103 e. The number of aryl methyl sites for hydroxylation is 1. The predicted octanol–water partition coefficient (Wildman–Crippen LogP) is 8.31. The molecule has 0 unspecified atom stereocenters. The molecule has 35 heavy (non-hydrogen) atoms. The number of anilines is 3. The van der Waals surface area contributed by atoms with Gasteiger partial charge in [-0.25, -0.2) is 0 Å². The van der Waals surface area contributed by atoms with Crippen LogP contribution in [0.3, 0.4) is 0 Å². The van der Waals surface area contributed by atoms with Gasteiger partial charge in [0.2, 0.25) is 0 Å². The first-order valence-corrected chi connectivity index (χ1v) is 12.8. The molecular weight excluding hydrogens is 542 g/mol. The van der Waals surface area contributed by atoms with Crippen LogP contribution in [0.5, 0.6) is 0 Å². The Morgan fingerprint density at radius 3 is 2.66 bits per heavy atom. The summed E-state index contributed by atoms with van der Waals surface area (Å²) >= 11 is 11.7. The van der Waals surface area contributed by atoms with Gasteiger partial charge in [-0.05, 0) is 60.5 Å². The Bertz CT molecular complexity index is 1550. The van der Waals surface area contributed by atoms with Crippen molar-refractivity contribution in [3.05, 3.63) is 98.7 Å². The molecule has 0 spiro atoms. The van der Waals surface area contributed by atoms with Gasteiger partial charge in [-0.2, -0.15) is 5.26 Å². The SMILES string of the molecule is Cc1cc(Br)cc(Cl)c1Nc1c(C#N)cnc2cc(-c3ccc(CNc4ccncc4)s3)ccc12. The molecule has 5 rings (SSSR count). The first-order chi connectivity index (χ1) is 17.0. The van der Waals surface area contributed by atoms with E-state index in [-0.39, 0.29) is 0 Å². The summed E-state index contributed by atoms with van der Waals surface area (Å²) in [5.74, 6) is 0. The Morgan fingerprint density at radius 2 is 1.89 bits per heavy atom. The van der Waals surface area contributed by atoms with Crippen LogP contribution in [0.25, 0.3) is 21.3 Å². The van der Waals surface area contributed by atoms with E-state index in [4.69, 9.17) is 11.6 Å². The molecule has 0 saturated heterocycles. The van der Waals surface area contributed by atoms with E-state index >= 15 is 0 Å². The summed E-state index contributed by atoms with van der Waals surface area (Å²) < 4.78 is 0.904. The van der Waals surface area contributed by atoms with Gasteiger partial charge in [0.25, 0.3) is 0 Å². The van der Waals surface area contributed by atoms with Crippen molar-refractivity contribution in [2.45, 2.75) is 13.5 Å². The molecule has 3 heterocycles. The third kappa shape index (κ3) is 5.01. The third-order valence-corrected chi connectivity index (χ3v) is 7.48. The Kier molecular flexibility index (Phi) is 6.69. The maximum absolute atomic E-state index is 9.73. The number of pyridine rings is 2. The molecule has 0 bridgehead atoms. The number of thiophene rings is 1. The molecule has 5 aromatic rings. The van der Waals surface area contributed by atoms with Crippen molar-refractivity contribution >= 4 is 66.8 Å². The number of halogens is 2. The fourth-order valence-corrected chi connectivity index (χ4v) is 5.80. The number of aromatic nitrogens is 2. The summed E-state index contributed by atoms with van der Waals surface area (Å²) in [6.07, 6.45) is 5.16. The van der Waals surface area contributed by atoms with Crippen LogP contribution in [-0.2, 0) is 6.54 Å². The van der Waals surface area contributed by atoms with Crippen molar-refractivity contribution in [3.8, 4) is 16.5 Å². The first-order valence-electron chi connectivity index (χ1n) is 10.8. The minimum Gasteiger partial charge on any atom is -0.380 e. The number of nitrogens with one attached hydrogen (secondary N) is 2. The fourth-order valence-electron chi connectivity index (χ4n) is 3.84. The minimum atomic E-state index is 0.462. The minimum absolute atomic E-state index is 0.462. The van der Waals surface area contributed by atoms with Crippen LogP contribution < -0.4 is 10.6 Å². The van der Waals surface area contributed by atoms with Gasteiger partial charge < -0.3 is 10.6 Å². The highest BCUT2D eigenvalue weighted by atomic mass is 79.9. The van der Waals surface area contributed by atoms with Gasteiger partial charge in [0.1, 0.15) is 6.07 Å². The molecule has 2 aromatic carbocycles. The molecule has 0 aliphatic rings. The smallest absolute Gasteiger partial charge is 0.103 e. The molecule has 0 atom stereocenters. The van der Waals surface area contributed by atoms with Crippen molar-refractivity contribution in [3.63, 3.8) is 0 Å². The average molecular weight is 561 g/mol. The van der Waals surface area contributed by atoms with Crippen molar-refractivity contribution in [2.24, 2.45) is 0 Å². The standard InChI is InChI=1S/C27H19BrClN5S/c1-16-10-19(28)12-23(29)26(16)34-27-18(13-30)14-33-24-11-17(2-4-22(24)27)25-5-3-21(35-25)15-32-20-6-8-31-9-7-20/h2-12,14H,15H2,1H3,(H,31,32)(H,33,34). The Hall–Kier alpha value is -3.44. The quantitative estimate of drug-likeness (QED) is 0.218. The summed E-state index contributed by atoms with van der Waals surface area (Å²) in [6.45, 7) is 2.72. The lowest BCUT2D eigenvalue weighted by molar-refractivity contribution is 1.18. The van der Waals surface area contributed by atoms with E-state index in [0.29, 0.717) is 16.3 Å². The Balaban J connectivity index is 1.46. The van der Waals surface area contributed by atoms with Gasteiger partial charge in [-0.15, -0.1) is 11.3 Å². The van der Waals surface area contributed by atoms with Crippen LogP contribution in [0.2, 0.25) is 5.02 Å². The van der Waals surface area contributed by atoms with Gasteiger partial charge in [-0.1, -0.05) is 39.7 Å². The van der Waals surface area contributed by atoms with Crippen molar-refractivity contribution in [1.29, 1.82) is 5.26 Å². The monoisotopic (exact) mass is 559 g/mol. The van der Waals surface area contributed by atoms with Crippen LogP contribution in [0.4, 0.5) is 17.1 Å². The van der Waals surface area contributed by atoms with E-state index in [1.807, 2.05) is 37.3 Å². The summed E-state index contributed by atoms with van der Waals surface area (Å²) in [7, 11) is 0. The molecule has 2 N–H and O–H groups in total. The van der Waals surface area contributed by atoms with E-state index in [1.54, 1.807) is 29.9 Å². The molecule has 0 amide bonds. The van der Waals surface area contributed by atoms with Crippen molar-refractivity contribution in [1.82, 2.24) is 9.97 Å². The lowest BCUT2D eigenvalue weighted by Crippen LogP contribution is -1.99. The molecule has 5 nitrogen and oxygen atoms in total. The highest BCUT2D eigenvalue weighted by Crippen LogP contribution is 2.37. The van der Waals surface area contributed by atoms with E-state index in [2.05, 4.69) is 66.9 Å². The normalized spacial score (nSPS) is 10.8. The molecular formula is C27H19BrClN5S. The second-order valence-corrected chi connectivity index (χ2v) is 10.4. The van der Waals surface area contributed by atoms with Gasteiger partial charge in [-0.3, -0.25) is 9.97 Å². The fraction of sp³-hybridized carbons (Fsp3) is 0.0741. The van der Waals surface area contributed by atoms with Crippen LogP contribution >= 0.6 is 38.9 Å². The summed E-state index contributed by atoms with van der Waals surface area (Å²) in [5, 5.41) is 18.0. The highest BCUT2D eigenvalue weighted by Gasteiger charge is 2.14. The zero-order chi connectivity index (χ0) is 24.4. The van der Waals surface area contributed by atoms with Crippen molar-refractivity contribution < 1.29 is 0 Å². The second kappa shape index (κ2) is 10.0. The third-order valence-electron chi connectivity index (χ3n) is 5.58. The van der Waals surface area contributed by atoms with E-state index in [9.17, 15) is 5.26 Å². The van der Waals surface area contributed by atoms with E-state index in [0.717, 1.165) is 49.3 Å². The molecule has 0 aliphatic carbocycles. The molecule has 8 heteroatoms. The van der Waals surface area contributed by atoms with E-state index in [1.165, 1.54) is 4.88 Å². The summed E-state index contributed by atoms with van der Waals surface area (Å²) in [6, 6.07) is 20.4. The number of hydrogen-bond acceptors (Lipinski definition) is 6. The number of nitriles is 1. The lowest BCUT2D eigenvalue weighted by Gasteiger charge is -2.15. The maximum atomic E-state index is 9.73. The number of nitrogens with zero attached hydrogens (tertiary/aromatic N) is 3. The number of rotatable bonds is 6. The Labute approximate surface area is 220 Å². The van der Waals surface area contributed by atoms with Crippen LogP contribution in [0, 0.1) is 18.3 Å². The van der Waals surface area contributed by atoms with Crippen LogP contribution in [0.1, 0.15) is 16.0 Å². The van der Waals surface area contributed by atoms with E-state index < -0.39 is 0 Å². The number of benzene rings is 2. The summed E-state index contributed by atoms with van der Waals surface area (Å²) in [4.78, 5) is 11.0. The van der Waals surface area contributed by atoms with Crippen molar-refractivity contribution in [2.75, 3.05) is 10.6 Å². The molecule has 0 radical (unpaired) electrons. The molecule has 0 saturated carbocycles. The van der Waals surface area contributed by atoms with Crippen LogP contribution in [0.15, 0.2) is 77.7 Å².